The lowest BCUT2D eigenvalue weighted by Gasteiger charge is -2.30. The quantitative estimate of drug-likeness (QED) is 0.549. The normalized spacial score (nSPS) is 12.9. The number of phenols is 1. The van der Waals surface area contributed by atoms with E-state index in [9.17, 15) is 5.11 Å². The van der Waals surface area contributed by atoms with E-state index in [4.69, 9.17) is 0 Å². The van der Waals surface area contributed by atoms with Crippen LogP contribution < -0.4 is 0 Å². The Bertz CT molecular complexity index is 655. The summed E-state index contributed by atoms with van der Waals surface area (Å²) in [5.74, 6) is 0.665. The molecule has 1 N–H and O–H groups in total. The van der Waals surface area contributed by atoms with Crippen LogP contribution in [0.5, 0.6) is 5.75 Å². The molecule has 2 heteroatoms. The van der Waals surface area contributed by atoms with Crippen LogP contribution in [0.3, 0.4) is 0 Å². The third-order valence-corrected chi connectivity index (χ3v) is 5.25. The predicted octanol–water partition coefficient (Wildman–Crippen LogP) is 6.12. The molecule has 0 radical (unpaired) electrons. The third kappa shape index (κ3) is 5.60. The number of nitrogens with zero attached hydrogens (tertiary/aromatic N) is 1. The summed E-state index contributed by atoms with van der Waals surface area (Å²) in [6.45, 7) is 12.3. The van der Waals surface area contributed by atoms with Crippen molar-refractivity contribution in [1.29, 1.82) is 0 Å². The average molecular weight is 354 g/mol. The number of unbranched alkanes of at least 4 members (excludes halogenated alkanes) is 1. The second kappa shape index (κ2) is 9.78. The van der Waals surface area contributed by atoms with Crippen molar-refractivity contribution >= 4 is 0 Å². The zero-order valence-electron chi connectivity index (χ0n) is 17.1. The first kappa shape index (κ1) is 20.5. The van der Waals surface area contributed by atoms with Gasteiger partial charge in [0.2, 0.25) is 0 Å². The molecule has 0 heterocycles. The van der Waals surface area contributed by atoms with E-state index in [0.717, 1.165) is 24.9 Å². The van der Waals surface area contributed by atoms with Crippen LogP contribution in [0.1, 0.15) is 69.6 Å². The van der Waals surface area contributed by atoms with Gasteiger partial charge in [0.1, 0.15) is 5.75 Å². The van der Waals surface area contributed by atoms with E-state index in [1.54, 1.807) is 0 Å². The number of hydrogen-bond donors (Lipinski definition) is 1. The molecular formula is C24H35NO. The fourth-order valence-corrected chi connectivity index (χ4v) is 3.90. The van der Waals surface area contributed by atoms with Gasteiger partial charge in [-0.1, -0.05) is 54.4 Å². The molecule has 0 saturated carbocycles. The van der Waals surface area contributed by atoms with Gasteiger partial charge >= 0.3 is 0 Å². The molecule has 0 aliphatic carbocycles. The van der Waals surface area contributed by atoms with Crippen molar-refractivity contribution in [2.24, 2.45) is 0 Å². The molecule has 26 heavy (non-hydrogen) atoms. The molecular weight excluding hydrogens is 318 g/mol. The van der Waals surface area contributed by atoms with E-state index in [-0.39, 0.29) is 5.92 Å². The lowest BCUT2D eigenvalue weighted by Crippen LogP contribution is -2.37. The molecule has 0 saturated heterocycles. The van der Waals surface area contributed by atoms with Gasteiger partial charge in [0.05, 0.1) is 0 Å². The van der Waals surface area contributed by atoms with Crippen molar-refractivity contribution in [3.63, 3.8) is 0 Å². The van der Waals surface area contributed by atoms with E-state index in [1.807, 2.05) is 12.1 Å². The topological polar surface area (TPSA) is 23.5 Å². The van der Waals surface area contributed by atoms with Crippen molar-refractivity contribution in [3.05, 3.63) is 65.2 Å². The summed E-state index contributed by atoms with van der Waals surface area (Å²) < 4.78 is 0. The number of hydrogen-bond acceptors (Lipinski definition) is 2. The molecule has 2 aromatic rings. The average Bonchev–Trinajstić information content (AvgIpc) is 2.60. The van der Waals surface area contributed by atoms with Gasteiger partial charge in [0.25, 0.3) is 0 Å². The first-order chi connectivity index (χ1) is 12.4. The van der Waals surface area contributed by atoms with E-state index in [2.05, 4.69) is 75.9 Å². The first-order valence-electron chi connectivity index (χ1n) is 10.00. The van der Waals surface area contributed by atoms with Crippen LogP contribution >= 0.6 is 0 Å². The molecule has 2 rings (SSSR count). The molecule has 0 amide bonds. The molecule has 0 fully saturated rings. The molecule has 0 aliphatic rings. The van der Waals surface area contributed by atoms with Crippen molar-refractivity contribution in [2.75, 3.05) is 6.54 Å². The summed E-state index contributed by atoms with van der Waals surface area (Å²) in [5, 5.41) is 10.4. The Kier molecular flexibility index (Phi) is 7.71. The Morgan fingerprint density at radius 1 is 0.885 bits per heavy atom. The molecule has 0 aliphatic heterocycles. The second-order valence-electron chi connectivity index (χ2n) is 7.95. The van der Waals surface area contributed by atoms with Gasteiger partial charge in [0, 0.05) is 23.6 Å². The SMILES string of the molecule is Cc1ccc(O)c([C@H](CCCCN(C(C)C)C(C)C)c2ccccc2)c1. The van der Waals surface area contributed by atoms with Gasteiger partial charge in [0.15, 0.2) is 0 Å². The van der Waals surface area contributed by atoms with Crippen LogP contribution in [-0.4, -0.2) is 28.6 Å². The minimum absolute atomic E-state index is 0.252. The van der Waals surface area contributed by atoms with Gasteiger partial charge < -0.3 is 5.11 Å². The molecule has 142 valence electrons. The zero-order valence-corrected chi connectivity index (χ0v) is 17.1. The Hall–Kier alpha value is -1.80. The largest absolute Gasteiger partial charge is 0.508 e. The maximum atomic E-state index is 10.4. The van der Waals surface area contributed by atoms with Gasteiger partial charge in [-0.15, -0.1) is 0 Å². The summed E-state index contributed by atoms with van der Waals surface area (Å²) >= 11 is 0. The molecule has 0 bridgehead atoms. The number of aromatic hydroxyl groups is 1. The highest BCUT2D eigenvalue weighted by molar-refractivity contribution is 5.43. The molecule has 1 atom stereocenters. The predicted molar refractivity (Wildman–Crippen MR) is 112 cm³/mol. The molecule has 2 nitrogen and oxygen atoms in total. The Morgan fingerprint density at radius 3 is 2.15 bits per heavy atom. The first-order valence-corrected chi connectivity index (χ1v) is 10.00. The van der Waals surface area contributed by atoms with E-state index < -0.39 is 0 Å². The summed E-state index contributed by atoms with van der Waals surface area (Å²) in [4.78, 5) is 2.56. The maximum Gasteiger partial charge on any atom is 0.119 e. The number of phenolic OH excluding ortho intramolecular Hbond substituents is 1. The summed E-state index contributed by atoms with van der Waals surface area (Å²) in [6, 6.07) is 17.7. The Labute approximate surface area is 159 Å². The number of aryl methyl sites for hydroxylation is 1. The standard InChI is InChI=1S/C24H35NO/c1-18(2)25(19(3)4)16-10-9-13-22(21-11-7-6-8-12-21)23-17-20(5)14-15-24(23)26/h6-8,11-12,14-15,17-19,22,26H,9-10,13,16H2,1-5H3/t22-/m1/s1. The van der Waals surface area contributed by atoms with Crippen molar-refractivity contribution < 1.29 is 5.11 Å². The highest BCUT2D eigenvalue weighted by atomic mass is 16.3. The Balaban J connectivity index is 2.10. The second-order valence-corrected chi connectivity index (χ2v) is 7.95. The van der Waals surface area contributed by atoms with E-state index in [1.165, 1.54) is 17.5 Å². The van der Waals surface area contributed by atoms with Gasteiger partial charge in [-0.2, -0.15) is 0 Å². The summed E-state index contributed by atoms with van der Waals surface area (Å²) in [5.41, 5.74) is 3.54. The molecule has 0 aromatic heterocycles. The maximum absolute atomic E-state index is 10.4. The fraction of sp³-hybridized carbons (Fsp3) is 0.500. The third-order valence-electron chi connectivity index (χ3n) is 5.25. The zero-order chi connectivity index (χ0) is 19.1. The summed E-state index contributed by atoms with van der Waals surface area (Å²) in [7, 11) is 0. The fourth-order valence-electron chi connectivity index (χ4n) is 3.90. The lowest BCUT2D eigenvalue weighted by atomic mass is 9.86. The van der Waals surface area contributed by atoms with E-state index >= 15 is 0 Å². The summed E-state index contributed by atoms with van der Waals surface area (Å²) in [6.07, 6.45) is 3.40. The van der Waals surface area contributed by atoms with E-state index in [0.29, 0.717) is 17.8 Å². The van der Waals surface area contributed by atoms with Crippen molar-refractivity contribution in [1.82, 2.24) is 4.90 Å². The van der Waals surface area contributed by atoms with Crippen LogP contribution in [-0.2, 0) is 0 Å². The van der Waals surface area contributed by atoms with Gasteiger partial charge in [-0.3, -0.25) is 4.90 Å². The molecule has 2 aromatic carbocycles. The minimum atomic E-state index is 0.252. The molecule has 0 unspecified atom stereocenters. The van der Waals surface area contributed by atoms with Crippen LogP contribution in [0, 0.1) is 6.92 Å². The molecule has 0 spiro atoms. The van der Waals surface area contributed by atoms with Crippen LogP contribution in [0.15, 0.2) is 48.5 Å². The van der Waals surface area contributed by atoms with Crippen LogP contribution in [0.2, 0.25) is 0 Å². The highest BCUT2D eigenvalue weighted by Gasteiger charge is 2.18. The minimum Gasteiger partial charge on any atom is -0.508 e. The van der Waals surface area contributed by atoms with Gasteiger partial charge in [-0.25, -0.2) is 0 Å². The van der Waals surface area contributed by atoms with Crippen LogP contribution in [0.4, 0.5) is 0 Å². The van der Waals surface area contributed by atoms with Gasteiger partial charge in [-0.05, 0) is 65.6 Å². The number of benzene rings is 2. The smallest absolute Gasteiger partial charge is 0.119 e. The van der Waals surface area contributed by atoms with Crippen molar-refractivity contribution in [2.45, 2.75) is 71.9 Å². The number of rotatable bonds is 9. The lowest BCUT2D eigenvalue weighted by molar-refractivity contribution is 0.171. The monoisotopic (exact) mass is 353 g/mol. The highest BCUT2D eigenvalue weighted by Crippen LogP contribution is 2.35. The van der Waals surface area contributed by atoms with Crippen molar-refractivity contribution in [3.8, 4) is 5.75 Å². The van der Waals surface area contributed by atoms with Crippen LogP contribution in [0.25, 0.3) is 0 Å². The Morgan fingerprint density at radius 2 is 1.54 bits per heavy atom.